The molecule has 0 amide bonds. The van der Waals surface area contributed by atoms with Gasteiger partial charge in [-0.3, -0.25) is 4.79 Å². The van der Waals surface area contributed by atoms with E-state index in [1.165, 1.54) is 6.08 Å². The SMILES string of the molecule is N#Cc1cccc(C(=O)/C=C/c2ccc(OCc3ccc4ccccc4n3)cc2)c1. The van der Waals surface area contributed by atoms with Crippen LogP contribution in [0.3, 0.4) is 0 Å². The van der Waals surface area contributed by atoms with Crippen LogP contribution in [0.2, 0.25) is 0 Å². The van der Waals surface area contributed by atoms with Crippen LogP contribution >= 0.6 is 0 Å². The van der Waals surface area contributed by atoms with E-state index in [0.29, 0.717) is 17.7 Å². The lowest BCUT2D eigenvalue weighted by Gasteiger charge is -2.07. The van der Waals surface area contributed by atoms with Crippen molar-refractivity contribution in [3.63, 3.8) is 0 Å². The summed E-state index contributed by atoms with van der Waals surface area (Å²) >= 11 is 0. The minimum atomic E-state index is -0.144. The summed E-state index contributed by atoms with van der Waals surface area (Å²) in [6, 6.07) is 28.2. The van der Waals surface area contributed by atoms with Gasteiger partial charge in [0, 0.05) is 10.9 Å². The molecule has 144 valence electrons. The van der Waals surface area contributed by atoms with E-state index >= 15 is 0 Å². The summed E-state index contributed by atoms with van der Waals surface area (Å²) in [5, 5.41) is 10.0. The Labute approximate surface area is 174 Å². The Bertz CT molecular complexity index is 1270. The van der Waals surface area contributed by atoms with Gasteiger partial charge in [-0.15, -0.1) is 0 Å². The number of pyridine rings is 1. The molecule has 0 N–H and O–H groups in total. The molecule has 4 aromatic rings. The Morgan fingerprint density at radius 1 is 0.967 bits per heavy atom. The van der Waals surface area contributed by atoms with E-state index in [0.717, 1.165) is 27.9 Å². The highest BCUT2D eigenvalue weighted by atomic mass is 16.5. The number of ketones is 1. The van der Waals surface area contributed by atoms with Crippen molar-refractivity contribution in [2.75, 3.05) is 0 Å². The van der Waals surface area contributed by atoms with Crippen LogP contribution in [-0.4, -0.2) is 10.8 Å². The smallest absolute Gasteiger partial charge is 0.185 e. The minimum Gasteiger partial charge on any atom is -0.487 e. The summed E-state index contributed by atoms with van der Waals surface area (Å²) in [6.45, 7) is 0.383. The van der Waals surface area contributed by atoms with Gasteiger partial charge in [0.2, 0.25) is 0 Å². The maximum Gasteiger partial charge on any atom is 0.185 e. The second-order valence-corrected chi connectivity index (χ2v) is 6.74. The van der Waals surface area contributed by atoms with Crippen molar-refractivity contribution in [3.8, 4) is 11.8 Å². The van der Waals surface area contributed by atoms with Gasteiger partial charge in [-0.1, -0.05) is 54.6 Å². The van der Waals surface area contributed by atoms with Gasteiger partial charge in [0.15, 0.2) is 5.78 Å². The predicted molar refractivity (Wildman–Crippen MR) is 117 cm³/mol. The topological polar surface area (TPSA) is 63.0 Å². The fourth-order valence-electron chi connectivity index (χ4n) is 3.03. The number of ether oxygens (including phenoxy) is 1. The molecule has 0 bridgehead atoms. The van der Waals surface area contributed by atoms with Crippen molar-refractivity contribution in [2.45, 2.75) is 6.61 Å². The molecule has 0 unspecified atom stereocenters. The van der Waals surface area contributed by atoms with Gasteiger partial charge in [-0.05, 0) is 48.0 Å². The first-order valence-electron chi connectivity index (χ1n) is 9.51. The normalized spacial score (nSPS) is 10.8. The second kappa shape index (κ2) is 8.85. The second-order valence-electron chi connectivity index (χ2n) is 6.74. The molecule has 30 heavy (non-hydrogen) atoms. The van der Waals surface area contributed by atoms with Gasteiger partial charge in [0.25, 0.3) is 0 Å². The number of rotatable bonds is 6. The van der Waals surface area contributed by atoms with Crippen LogP contribution in [0.25, 0.3) is 17.0 Å². The number of nitriles is 1. The maximum absolute atomic E-state index is 12.3. The van der Waals surface area contributed by atoms with E-state index in [1.54, 1.807) is 30.3 Å². The molecule has 0 spiro atoms. The number of fused-ring (bicyclic) bond motifs is 1. The third-order valence-corrected chi connectivity index (χ3v) is 4.63. The maximum atomic E-state index is 12.3. The van der Waals surface area contributed by atoms with E-state index in [1.807, 2.05) is 66.7 Å². The minimum absolute atomic E-state index is 0.144. The summed E-state index contributed by atoms with van der Waals surface area (Å²) < 4.78 is 5.83. The van der Waals surface area contributed by atoms with Gasteiger partial charge in [-0.2, -0.15) is 5.26 Å². The third kappa shape index (κ3) is 4.60. The largest absolute Gasteiger partial charge is 0.487 e. The molecule has 0 radical (unpaired) electrons. The van der Waals surface area contributed by atoms with Crippen LogP contribution in [0.4, 0.5) is 0 Å². The number of nitrogens with zero attached hydrogens (tertiary/aromatic N) is 2. The fraction of sp³-hybridized carbons (Fsp3) is 0.0385. The molecule has 4 nitrogen and oxygen atoms in total. The Morgan fingerprint density at radius 3 is 2.63 bits per heavy atom. The quantitative estimate of drug-likeness (QED) is 0.318. The molecule has 0 saturated carbocycles. The van der Waals surface area contributed by atoms with Gasteiger partial charge in [0.1, 0.15) is 12.4 Å². The fourth-order valence-corrected chi connectivity index (χ4v) is 3.03. The molecule has 0 aliphatic heterocycles. The number of hydrogen-bond donors (Lipinski definition) is 0. The molecule has 3 aromatic carbocycles. The lowest BCUT2D eigenvalue weighted by Crippen LogP contribution is -1.98. The molecule has 4 rings (SSSR count). The molecule has 1 aromatic heterocycles. The zero-order valence-corrected chi connectivity index (χ0v) is 16.2. The van der Waals surface area contributed by atoms with Crippen molar-refractivity contribution < 1.29 is 9.53 Å². The zero-order chi connectivity index (χ0) is 20.8. The van der Waals surface area contributed by atoms with E-state index in [4.69, 9.17) is 10.00 Å². The molecular formula is C26H18N2O2. The predicted octanol–water partition coefficient (Wildman–Crippen LogP) is 5.58. The van der Waals surface area contributed by atoms with Gasteiger partial charge >= 0.3 is 0 Å². The number of hydrogen-bond acceptors (Lipinski definition) is 4. The molecule has 0 saturated heterocycles. The number of aromatic nitrogens is 1. The standard InChI is InChI=1S/C26H18N2O2/c27-17-20-4-3-6-22(16-20)26(29)15-10-19-8-13-24(14-9-19)30-18-23-12-11-21-5-1-2-7-25(21)28-23/h1-16H,18H2/b15-10+. The number of allylic oxidation sites excluding steroid dienone is 1. The van der Waals surface area contributed by atoms with Crippen molar-refractivity contribution in [1.82, 2.24) is 4.98 Å². The third-order valence-electron chi connectivity index (χ3n) is 4.63. The number of para-hydroxylation sites is 1. The highest BCUT2D eigenvalue weighted by Crippen LogP contribution is 2.17. The average Bonchev–Trinajstić information content (AvgIpc) is 2.81. The highest BCUT2D eigenvalue weighted by Gasteiger charge is 2.03. The first-order chi connectivity index (χ1) is 14.7. The molecule has 0 aliphatic carbocycles. The molecular weight excluding hydrogens is 372 g/mol. The van der Waals surface area contributed by atoms with Crippen molar-refractivity contribution in [2.24, 2.45) is 0 Å². The average molecular weight is 390 g/mol. The summed E-state index contributed by atoms with van der Waals surface area (Å²) in [5.74, 6) is 0.588. The highest BCUT2D eigenvalue weighted by molar-refractivity contribution is 6.07. The summed E-state index contributed by atoms with van der Waals surface area (Å²) in [5.41, 5.74) is 3.66. The van der Waals surface area contributed by atoms with Gasteiger partial charge in [-0.25, -0.2) is 4.98 Å². The molecule has 4 heteroatoms. The molecule has 0 aliphatic rings. The Morgan fingerprint density at radius 2 is 1.80 bits per heavy atom. The number of carbonyl (C=O) groups is 1. The lowest BCUT2D eigenvalue weighted by molar-refractivity contribution is 0.104. The van der Waals surface area contributed by atoms with Crippen LogP contribution in [0.15, 0.2) is 91.0 Å². The first kappa shape index (κ1) is 19.1. The Hall–Kier alpha value is -4.23. The zero-order valence-electron chi connectivity index (χ0n) is 16.2. The number of carbonyl (C=O) groups excluding carboxylic acids is 1. The van der Waals surface area contributed by atoms with Gasteiger partial charge in [0.05, 0.1) is 22.8 Å². The summed E-state index contributed by atoms with van der Waals surface area (Å²) in [7, 11) is 0. The monoisotopic (exact) mass is 390 g/mol. The lowest BCUT2D eigenvalue weighted by atomic mass is 10.1. The van der Waals surface area contributed by atoms with E-state index in [-0.39, 0.29) is 5.78 Å². The van der Waals surface area contributed by atoms with Crippen LogP contribution in [0, 0.1) is 11.3 Å². The van der Waals surface area contributed by atoms with Crippen molar-refractivity contribution in [3.05, 3.63) is 113 Å². The van der Waals surface area contributed by atoms with Crippen LogP contribution in [0.5, 0.6) is 5.75 Å². The van der Waals surface area contributed by atoms with Crippen molar-refractivity contribution in [1.29, 1.82) is 5.26 Å². The summed E-state index contributed by atoms with van der Waals surface area (Å²) in [4.78, 5) is 16.9. The van der Waals surface area contributed by atoms with Crippen LogP contribution in [0.1, 0.15) is 27.2 Å². The van der Waals surface area contributed by atoms with Crippen LogP contribution < -0.4 is 4.74 Å². The number of benzene rings is 3. The van der Waals surface area contributed by atoms with E-state index < -0.39 is 0 Å². The van der Waals surface area contributed by atoms with Crippen molar-refractivity contribution >= 4 is 22.8 Å². The first-order valence-corrected chi connectivity index (χ1v) is 9.51. The van der Waals surface area contributed by atoms with Crippen LogP contribution in [-0.2, 0) is 6.61 Å². The summed E-state index contributed by atoms with van der Waals surface area (Å²) in [6.07, 6.45) is 3.25. The Kier molecular flexibility index (Phi) is 5.63. The molecule has 0 fully saturated rings. The van der Waals surface area contributed by atoms with E-state index in [2.05, 4.69) is 4.98 Å². The molecule has 0 atom stereocenters. The van der Waals surface area contributed by atoms with E-state index in [9.17, 15) is 4.79 Å². The van der Waals surface area contributed by atoms with Gasteiger partial charge < -0.3 is 4.74 Å². The Balaban J connectivity index is 1.38. The molecule has 1 heterocycles.